The number of carbonyl (C=O) groups is 1. The lowest BCUT2D eigenvalue weighted by molar-refractivity contribution is -0.385. The van der Waals surface area contributed by atoms with Crippen molar-refractivity contribution in [3.8, 4) is 11.6 Å². The fourth-order valence-corrected chi connectivity index (χ4v) is 3.47. The molecule has 1 N–H and O–H groups in total. The number of aryl methyl sites for hydroxylation is 1. The Labute approximate surface area is 181 Å². The zero-order chi connectivity index (χ0) is 22.7. The molecule has 0 radical (unpaired) electrons. The van der Waals surface area contributed by atoms with Gasteiger partial charge in [0.25, 0.3) is 11.6 Å². The highest BCUT2D eigenvalue weighted by Gasteiger charge is 2.21. The van der Waals surface area contributed by atoms with Gasteiger partial charge in [0.2, 0.25) is 5.88 Å². The van der Waals surface area contributed by atoms with Crippen molar-refractivity contribution < 1.29 is 23.6 Å². The van der Waals surface area contributed by atoms with Gasteiger partial charge in [-0.3, -0.25) is 19.8 Å². The van der Waals surface area contributed by atoms with Crippen LogP contribution in [0.25, 0.3) is 5.52 Å². The Morgan fingerprint density at radius 2 is 2.16 bits per heavy atom. The topological polar surface area (TPSA) is 124 Å². The Morgan fingerprint density at radius 1 is 1.38 bits per heavy atom. The predicted molar refractivity (Wildman–Crippen MR) is 110 cm³/mol. The molecule has 0 atom stereocenters. The minimum Gasteiger partial charge on any atom is -0.434 e. The normalized spacial score (nSPS) is 14.4. The first-order valence-electron chi connectivity index (χ1n) is 9.97. The summed E-state index contributed by atoms with van der Waals surface area (Å²) in [5.41, 5.74) is 0.953. The minimum atomic E-state index is -0.902. The molecule has 12 heteroatoms. The SMILES string of the molecule is Cc1c(C(=O)NCCN2CCOCC2)cn2ncnc(Oc3ccc([N+](=O)[O-])cc3F)c12. The molecule has 1 aromatic carbocycles. The van der Waals surface area contributed by atoms with E-state index in [1.807, 2.05) is 0 Å². The van der Waals surface area contributed by atoms with Gasteiger partial charge in [-0.15, -0.1) is 0 Å². The van der Waals surface area contributed by atoms with Crippen LogP contribution in [0.2, 0.25) is 0 Å². The molecule has 1 fully saturated rings. The number of nitro benzene ring substituents is 1. The van der Waals surface area contributed by atoms with Gasteiger partial charge in [-0.25, -0.2) is 8.91 Å². The minimum absolute atomic E-state index is 0.0256. The van der Waals surface area contributed by atoms with Crippen LogP contribution in [0.5, 0.6) is 11.6 Å². The van der Waals surface area contributed by atoms with Crippen LogP contribution in [0.1, 0.15) is 15.9 Å². The summed E-state index contributed by atoms with van der Waals surface area (Å²) >= 11 is 0. The molecule has 1 amide bonds. The first-order chi connectivity index (χ1) is 15.4. The lowest BCUT2D eigenvalue weighted by atomic mass is 10.2. The summed E-state index contributed by atoms with van der Waals surface area (Å²) in [5.74, 6) is -1.37. The number of morpholine rings is 1. The van der Waals surface area contributed by atoms with E-state index in [9.17, 15) is 19.3 Å². The first-order valence-corrected chi connectivity index (χ1v) is 9.97. The third kappa shape index (κ3) is 4.50. The summed E-state index contributed by atoms with van der Waals surface area (Å²) < 4.78 is 26.6. The van der Waals surface area contributed by atoms with E-state index in [4.69, 9.17) is 9.47 Å². The van der Waals surface area contributed by atoms with E-state index in [-0.39, 0.29) is 17.5 Å². The van der Waals surface area contributed by atoms with Crippen LogP contribution in [0.15, 0.2) is 30.7 Å². The van der Waals surface area contributed by atoms with E-state index in [1.165, 1.54) is 10.8 Å². The highest BCUT2D eigenvalue weighted by molar-refractivity contribution is 5.98. The number of benzene rings is 1. The Bertz CT molecular complexity index is 1160. The maximum Gasteiger partial charge on any atom is 0.272 e. The van der Waals surface area contributed by atoms with Gasteiger partial charge in [-0.2, -0.15) is 10.1 Å². The second-order valence-corrected chi connectivity index (χ2v) is 7.21. The smallest absolute Gasteiger partial charge is 0.272 e. The van der Waals surface area contributed by atoms with Crippen LogP contribution >= 0.6 is 0 Å². The Kier molecular flexibility index (Phi) is 6.23. The van der Waals surface area contributed by atoms with Crippen LogP contribution < -0.4 is 10.1 Å². The van der Waals surface area contributed by atoms with E-state index in [2.05, 4.69) is 20.3 Å². The largest absolute Gasteiger partial charge is 0.434 e. The number of nitrogens with one attached hydrogen (secondary N) is 1. The number of carbonyl (C=O) groups excluding carboxylic acids is 1. The molecule has 0 saturated carbocycles. The van der Waals surface area contributed by atoms with E-state index < -0.39 is 16.4 Å². The average molecular weight is 444 g/mol. The fraction of sp³-hybridized carbons (Fsp3) is 0.350. The van der Waals surface area contributed by atoms with Gasteiger partial charge in [0, 0.05) is 38.4 Å². The third-order valence-corrected chi connectivity index (χ3v) is 5.19. The second-order valence-electron chi connectivity index (χ2n) is 7.21. The van der Waals surface area contributed by atoms with E-state index in [0.29, 0.717) is 36.4 Å². The number of amides is 1. The number of halogens is 1. The van der Waals surface area contributed by atoms with Crippen LogP contribution in [0, 0.1) is 22.9 Å². The number of nitrogens with zero attached hydrogens (tertiary/aromatic N) is 5. The van der Waals surface area contributed by atoms with Crippen molar-refractivity contribution in [2.45, 2.75) is 6.92 Å². The Hall–Kier alpha value is -3.64. The highest BCUT2D eigenvalue weighted by atomic mass is 19.1. The van der Waals surface area contributed by atoms with Gasteiger partial charge in [-0.1, -0.05) is 0 Å². The van der Waals surface area contributed by atoms with Crippen molar-refractivity contribution in [3.63, 3.8) is 0 Å². The van der Waals surface area contributed by atoms with Gasteiger partial charge < -0.3 is 14.8 Å². The molecule has 3 heterocycles. The maximum atomic E-state index is 14.3. The molecule has 4 rings (SSSR count). The van der Waals surface area contributed by atoms with Crippen molar-refractivity contribution in [1.82, 2.24) is 24.8 Å². The summed E-state index contributed by atoms with van der Waals surface area (Å²) in [5, 5.41) is 17.8. The number of aromatic nitrogens is 3. The molecular weight excluding hydrogens is 423 g/mol. The maximum absolute atomic E-state index is 14.3. The number of hydrogen-bond donors (Lipinski definition) is 1. The molecule has 0 bridgehead atoms. The summed E-state index contributed by atoms with van der Waals surface area (Å²) in [4.78, 5) is 29.1. The number of nitro groups is 1. The number of fused-ring (bicyclic) bond motifs is 1. The van der Waals surface area contributed by atoms with Crippen LogP contribution in [0.3, 0.4) is 0 Å². The van der Waals surface area contributed by atoms with Gasteiger partial charge in [0.15, 0.2) is 11.6 Å². The van der Waals surface area contributed by atoms with E-state index >= 15 is 0 Å². The molecule has 11 nitrogen and oxygen atoms in total. The zero-order valence-electron chi connectivity index (χ0n) is 17.3. The summed E-state index contributed by atoms with van der Waals surface area (Å²) in [6.07, 6.45) is 2.76. The Balaban J connectivity index is 1.52. The molecular formula is C20H21FN6O5. The zero-order valence-corrected chi connectivity index (χ0v) is 17.3. The molecule has 1 saturated heterocycles. The lowest BCUT2D eigenvalue weighted by Gasteiger charge is -2.26. The molecule has 0 unspecified atom stereocenters. The van der Waals surface area contributed by atoms with Crippen molar-refractivity contribution in [2.24, 2.45) is 0 Å². The molecule has 1 aliphatic rings. The molecule has 168 valence electrons. The monoisotopic (exact) mass is 444 g/mol. The molecule has 0 aliphatic carbocycles. The highest BCUT2D eigenvalue weighted by Crippen LogP contribution is 2.31. The first kappa shape index (κ1) is 21.6. The number of non-ortho nitro benzene ring substituents is 1. The van der Waals surface area contributed by atoms with Crippen LogP contribution in [-0.4, -0.2) is 69.7 Å². The van der Waals surface area contributed by atoms with Crippen molar-refractivity contribution in [1.29, 1.82) is 0 Å². The summed E-state index contributed by atoms with van der Waals surface area (Å²) in [7, 11) is 0. The van der Waals surface area contributed by atoms with Crippen LogP contribution in [-0.2, 0) is 4.74 Å². The van der Waals surface area contributed by atoms with Crippen LogP contribution in [0.4, 0.5) is 10.1 Å². The van der Waals surface area contributed by atoms with E-state index in [1.54, 1.807) is 13.1 Å². The fourth-order valence-electron chi connectivity index (χ4n) is 3.47. The number of ether oxygens (including phenoxy) is 2. The lowest BCUT2D eigenvalue weighted by Crippen LogP contribution is -2.41. The second kappa shape index (κ2) is 9.24. The molecule has 2 aromatic heterocycles. The summed E-state index contributed by atoms with van der Waals surface area (Å²) in [6.45, 7) is 5.96. The average Bonchev–Trinajstić information content (AvgIpc) is 3.13. The van der Waals surface area contributed by atoms with Crippen molar-refractivity contribution in [2.75, 3.05) is 39.4 Å². The van der Waals surface area contributed by atoms with Gasteiger partial charge in [-0.05, 0) is 18.6 Å². The number of hydrogen-bond acceptors (Lipinski definition) is 8. The predicted octanol–water partition coefficient (Wildman–Crippen LogP) is 1.94. The summed E-state index contributed by atoms with van der Waals surface area (Å²) in [6, 6.07) is 3.06. The number of rotatable bonds is 7. The van der Waals surface area contributed by atoms with Gasteiger partial charge in [0.05, 0.1) is 29.8 Å². The molecule has 0 spiro atoms. The molecule has 32 heavy (non-hydrogen) atoms. The van der Waals surface area contributed by atoms with Gasteiger partial charge >= 0.3 is 0 Å². The standard InChI is InChI=1S/C20H21FN6O5/c1-13-15(19(28)22-4-5-25-6-8-31-9-7-25)11-26-18(13)20(23-12-24-26)32-17-3-2-14(27(29)30)10-16(17)21/h2-3,10-12H,4-9H2,1H3,(H,22,28). The quantitative estimate of drug-likeness (QED) is 0.433. The van der Waals surface area contributed by atoms with Crippen molar-refractivity contribution >= 4 is 17.1 Å². The van der Waals surface area contributed by atoms with Gasteiger partial charge in [0.1, 0.15) is 11.8 Å². The third-order valence-electron chi connectivity index (χ3n) is 5.19. The van der Waals surface area contributed by atoms with Crippen molar-refractivity contribution in [3.05, 3.63) is 57.8 Å². The van der Waals surface area contributed by atoms with E-state index in [0.717, 1.165) is 37.8 Å². The Morgan fingerprint density at radius 3 is 2.88 bits per heavy atom. The molecule has 1 aliphatic heterocycles. The molecule has 3 aromatic rings.